The molecule has 0 bridgehead atoms. The molecule has 0 radical (unpaired) electrons. The number of hydrogen-bond donors (Lipinski definition) is 2. The Labute approximate surface area is 120 Å². The van der Waals surface area contributed by atoms with Crippen molar-refractivity contribution in [2.24, 2.45) is 5.92 Å². The molecule has 1 saturated carbocycles. The van der Waals surface area contributed by atoms with Gasteiger partial charge in [-0.15, -0.1) is 0 Å². The molecule has 1 amide bonds. The average molecular weight is 282 g/mol. The minimum Gasteiger partial charge on any atom is -0.480 e. The molecule has 5 nitrogen and oxygen atoms in total. The van der Waals surface area contributed by atoms with Crippen molar-refractivity contribution in [3.05, 3.63) is 0 Å². The van der Waals surface area contributed by atoms with Crippen molar-refractivity contribution in [2.75, 3.05) is 19.6 Å². The molecule has 2 fully saturated rings. The lowest BCUT2D eigenvalue weighted by Gasteiger charge is -2.27. The Bertz CT molecular complexity index is 364. The minimum atomic E-state index is -0.847. The highest BCUT2D eigenvalue weighted by atomic mass is 16.4. The van der Waals surface area contributed by atoms with Gasteiger partial charge in [0.1, 0.15) is 0 Å². The van der Waals surface area contributed by atoms with Gasteiger partial charge in [0, 0.05) is 24.5 Å². The van der Waals surface area contributed by atoms with Crippen molar-refractivity contribution in [3.8, 4) is 0 Å². The molecular weight excluding hydrogens is 256 g/mol. The molecule has 0 aromatic rings. The average Bonchev–Trinajstić information content (AvgIpc) is 2.64. The van der Waals surface area contributed by atoms with Crippen molar-refractivity contribution in [2.45, 2.75) is 57.4 Å². The molecular formula is C15H26N2O3. The van der Waals surface area contributed by atoms with Crippen LogP contribution in [-0.4, -0.2) is 47.1 Å². The number of likely N-dealkylation sites (tertiary alicyclic amines) is 1. The fourth-order valence-electron chi connectivity index (χ4n) is 3.37. The van der Waals surface area contributed by atoms with Gasteiger partial charge in [0.05, 0.1) is 6.54 Å². The van der Waals surface area contributed by atoms with Crippen molar-refractivity contribution in [3.63, 3.8) is 0 Å². The van der Waals surface area contributed by atoms with Gasteiger partial charge in [-0.05, 0) is 26.2 Å². The molecule has 2 rings (SSSR count). The first-order chi connectivity index (χ1) is 9.50. The molecule has 1 aliphatic heterocycles. The number of carbonyl (C=O) groups is 2. The quantitative estimate of drug-likeness (QED) is 0.769. The van der Waals surface area contributed by atoms with E-state index in [9.17, 15) is 9.59 Å². The molecule has 0 aromatic carbocycles. The highest BCUT2D eigenvalue weighted by Gasteiger charge is 2.37. The third-order valence-electron chi connectivity index (χ3n) is 4.66. The van der Waals surface area contributed by atoms with Crippen LogP contribution >= 0.6 is 0 Å². The van der Waals surface area contributed by atoms with Crippen molar-refractivity contribution in [1.82, 2.24) is 10.2 Å². The topological polar surface area (TPSA) is 69.6 Å². The van der Waals surface area contributed by atoms with Crippen LogP contribution in [0.3, 0.4) is 0 Å². The van der Waals surface area contributed by atoms with E-state index >= 15 is 0 Å². The molecule has 20 heavy (non-hydrogen) atoms. The summed E-state index contributed by atoms with van der Waals surface area (Å²) in [6, 6.07) is 0. The second-order valence-electron chi connectivity index (χ2n) is 6.51. The van der Waals surface area contributed by atoms with Crippen LogP contribution in [0.4, 0.5) is 0 Å². The highest BCUT2D eigenvalue weighted by molar-refractivity contribution is 5.79. The zero-order valence-corrected chi connectivity index (χ0v) is 12.4. The molecule has 0 unspecified atom stereocenters. The van der Waals surface area contributed by atoms with Gasteiger partial charge >= 0.3 is 5.97 Å². The van der Waals surface area contributed by atoms with Crippen LogP contribution < -0.4 is 5.32 Å². The Morgan fingerprint density at radius 3 is 2.50 bits per heavy atom. The predicted octanol–water partition coefficient (Wildman–Crippen LogP) is 1.62. The lowest BCUT2D eigenvalue weighted by atomic mass is 9.98. The normalized spacial score (nSPS) is 28.4. The van der Waals surface area contributed by atoms with Crippen LogP contribution in [0, 0.1) is 5.92 Å². The summed E-state index contributed by atoms with van der Waals surface area (Å²) in [4.78, 5) is 25.2. The van der Waals surface area contributed by atoms with E-state index < -0.39 is 5.97 Å². The molecule has 114 valence electrons. The van der Waals surface area contributed by atoms with E-state index in [1.165, 1.54) is 25.7 Å². The SMILES string of the molecule is C[C@@]1(NCC(=O)O)CCN(C(=O)C2CCCCCC2)C1. The van der Waals surface area contributed by atoms with Gasteiger partial charge < -0.3 is 10.0 Å². The van der Waals surface area contributed by atoms with Gasteiger partial charge in [0.2, 0.25) is 5.91 Å². The summed E-state index contributed by atoms with van der Waals surface area (Å²) in [5.74, 6) is -0.369. The van der Waals surface area contributed by atoms with Crippen LogP contribution in [-0.2, 0) is 9.59 Å². The molecule has 1 atom stereocenters. The van der Waals surface area contributed by atoms with Crippen molar-refractivity contribution >= 4 is 11.9 Å². The zero-order valence-electron chi connectivity index (χ0n) is 12.4. The second-order valence-corrected chi connectivity index (χ2v) is 6.51. The van der Waals surface area contributed by atoms with Crippen molar-refractivity contribution in [1.29, 1.82) is 0 Å². The molecule has 5 heteroatoms. The fourth-order valence-corrected chi connectivity index (χ4v) is 3.37. The van der Waals surface area contributed by atoms with E-state index in [1.807, 2.05) is 11.8 Å². The predicted molar refractivity (Wildman–Crippen MR) is 76.4 cm³/mol. The van der Waals surface area contributed by atoms with E-state index in [0.29, 0.717) is 6.54 Å². The largest absolute Gasteiger partial charge is 0.480 e. The summed E-state index contributed by atoms with van der Waals surface area (Å²) in [5.41, 5.74) is -0.251. The maximum Gasteiger partial charge on any atom is 0.317 e. The maximum atomic E-state index is 12.6. The van der Waals surface area contributed by atoms with Gasteiger partial charge in [-0.3, -0.25) is 14.9 Å². The third kappa shape index (κ3) is 3.95. The monoisotopic (exact) mass is 282 g/mol. The lowest BCUT2D eigenvalue weighted by molar-refractivity contribution is -0.136. The number of amides is 1. The Kier molecular flexibility index (Phi) is 5.02. The number of aliphatic carboxylic acids is 1. The number of hydrogen-bond acceptors (Lipinski definition) is 3. The molecule has 1 saturated heterocycles. The van der Waals surface area contributed by atoms with Gasteiger partial charge in [-0.25, -0.2) is 0 Å². The van der Waals surface area contributed by atoms with Crippen LogP contribution in [0.1, 0.15) is 51.9 Å². The van der Waals surface area contributed by atoms with E-state index in [2.05, 4.69) is 5.32 Å². The lowest BCUT2D eigenvalue weighted by Crippen LogP contribution is -2.48. The first-order valence-electron chi connectivity index (χ1n) is 7.76. The van der Waals surface area contributed by atoms with Crippen molar-refractivity contribution < 1.29 is 14.7 Å². The maximum absolute atomic E-state index is 12.6. The summed E-state index contributed by atoms with van der Waals surface area (Å²) in [6.45, 7) is 3.35. The summed E-state index contributed by atoms with van der Waals surface area (Å²) < 4.78 is 0. The standard InChI is InChI=1S/C15H26N2O3/c1-15(16-10-13(18)19)8-9-17(11-15)14(20)12-6-4-2-3-5-7-12/h12,16H,2-11H2,1H3,(H,18,19)/t15-/m1/s1. The fraction of sp³-hybridized carbons (Fsp3) is 0.867. The first kappa shape index (κ1) is 15.3. The Balaban J connectivity index is 1.87. The van der Waals surface area contributed by atoms with E-state index in [0.717, 1.165) is 25.8 Å². The molecule has 0 spiro atoms. The number of carboxylic acids is 1. The van der Waals surface area contributed by atoms with Gasteiger partial charge in [0.15, 0.2) is 0 Å². The Morgan fingerprint density at radius 2 is 1.90 bits per heavy atom. The Morgan fingerprint density at radius 1 is 1.25 bits per heavy atom. The molecule has 1 heterocycles. The number of nitrogens with zero attached hydrogens (tertiary/aromatic N) is 1. The van der Waals surface area contributed by atoms with Crippen LogP contribution in [0.25, 0.3) is 0 Å². The van der Waals surface area contributed by atoms with E-state index in [4.69, 9.17) is 5.11 Å². The smallest absolute Gasteiger partial charge is 0.317 e. The molecule has 2 aliphatic rings. The number of carbonyl (C=O) groups excluding carboxylic acids is 1. The second kappa shape index (κ2) is 6.57. The Hall–Kier alpha value is -1.10. The zero-order chi connectivity index (χ0) is 14.6. The van der Waals surface area contributed by atoms with E-state index in [-0.39, 0.29) is 23.9 Å². The number of carboxylic acid groups (broad SMARTS) is 1. The summed E-state index contributed by atoms with van der Waals surface area (Å²) in [5, 5.41) is 11.8. The summed E-state index contributed by atoms with van der Waals surface area (Å²) in [6.07, 6.45) is 7.71. The first-order valence-corrected chi connectivity index (χ1v) is 7.76. The van der Waals surface area contributed by atoms with Crippen LogP contribution in [0.5, 0.6) is 0 Å². The number of rotatable bonds is 4. The van der Waals surface area contributed by atoms with Crippen LogP contribution in [0.15, 0.2) is 0 Å². The van der Waals surface area contributed by atoms with Crippen LogP contribution in [0.2, 0.25) is 0 Å². The molecule has 0 aromatic heterocycles. The molecule has 2 N–H and O–H groups in total. The number of nitrogens with one attached hydrogen (secondary N) is 1. The third-order valence-corrected chi connectivity index (χ3v) is 4.66. The summed E-state index contributed by atoms with van der Waals surface area (Å²) in [7, 11) is 0. The van der Waals surface area contributed by atoms with Gasteiger partial charge in [-0.2, -0.15) is 0 Å². The van der Waals surface area contributed by atoms with E-state index in [1.54, 1.807) is 0 Å². The summed E-state index contributed by atoms with van der Waals surface area (Å²) >= 11 is 0. The highest BCUT2D eigenvalue weighted by Crippen LogP contribution is 2.28. The van der Waals surface area contributed by atoms with Gasteiger partial charge in [-0.1, -0.05) is 25.7 Å². The molecule has 1 aliphatic carbocycles. The van der Waals surface area contributed by atoms with Gasteiger partial charge in [0.25, 0.3) is 0 Å². The minimum absolute atomic E-state index is 0.0397.